The normalized spacial score (nSPS) is 11.3. The molecule has 0 N–H and O–H groups in total. The number of hydrogen-bond acceptors (Lipinski definition) is 4. The molecule has 5 heteroatoms. The molecule has 2 rings (SSSR count). The predicted octanol–water partition coefficient (Wildman–Crippen LogP) is 3.70. The molecule has 0 saturated carbocycles. The second-order valence-electron chi connectivity index (χ2n) is 5.32. The first-order valence-corrected chi connectivity index (χ1v) is 8.33. The van der Waals surface area contributed by atoms with Crippen molar-refractivity contribution in [3.8, 4) is 11.5 Å². The molecule has 0 radical (unpaired) electrons. The van der Waals surface area contributed by atoms with Crippen molar-refractivity contribution in [2.45, 2.75) is 32.6 Å². The van der Waals surface area contributed by atoms with Crippen LogP contribution in [0.2, 0.25) is 0 Å². The Kier molecular flexibility index (Phi) is 4.47. The third-order valence-electron chi connectivity index (χ3n) is 3.71. The molecule has 0 saturated heterocycles. The van der Waals surface area contributed by atoms with E-state index < -0.39 is 10.1 Å². The monoisotopic (exact) mass is 320 g/mol. The molecule has 4 nitrogen and oxygen atoms in total. The van der Waals surface area contributed by atoms with E-state index in [9.17, 15) is 8.42 Å². The summed E-state index contributed by atoms with van der Waals surface area (Å²) in [5.41, 5.74) is 3.25. The molecule has 118 valence electrons. The first-order valence-electron chi connectivity index (χ1n) is 6.92. The fraction of sp³-hybridized carbons (Fsp3) is 0.294. The zero-order chi connectivity index (χ0) is 16.5. The van der Waals surface area contributed by atoms with E-state index in [0.29, 0.717) is 17.1 Å². The van der Waals surface area contributed by atoms with Gasteiger partial charge in [-0.1, -0.05) is 17.7 Å². The average molecular weight is 320 g/mol. The van der Waals surface area contributed by atoms with Crippen molar-refractivity contribution in [1.82, 2.24) is 0 Å². The highest BCUT2D eigenvalue weighted by Crippen LogP contribution is 2.29. The van der Waals surface area contributed by atoms with Crippen molar-refractivity contribution >= 4 is 10.1 Å². The van der Waals surface area contributed by atoms with Crippen LogP contribution in [-0.4, -0.2) is 15.5 Å². The van der Waals surface area contributed by atoms with E-state index in [4.69, 9.17) is 8.92 Å². The van der Waals surface area contributed by atoms with Gasteiger partial charge in [-0.05, 0) is 62.6 Å². The Hall–Kier alpha value is -2.01. The highest BCUT2D eigenvalue weighted by Gasteiger charge is 2.22. The molecule has 0 atom stereocenters. The van der Waals surface area contributed by atoms with Crippen LogP contribution in [0.5, 0.6) is 11.5 Å². The van der Waals surface area contributed by atoms with Gasteiger partial charge in [-0.25, -0.2) is 0 Å². The molecule has 0 heterocycles. The van der Waals surface area contributed by atoms with E-state index >= 15 is 0 Å². The summed E-state index contributed by atoms with van der Waals surface area (Å²) in [5, 5.41) is 0. The maximum atomic E-state index is 12.5. The van der Waals surface area contributed by atoms with Crippen LogP contribution in [0.1, 0.15) is 22.3 Å². The second-order valence-corrected chi connectivity index (χ2v) is 6.84. The van der Waals surface area contributed by atoms with Crippen LogP contribution in [-0.2, 0) is 10.1 Å². The standard InChI is InChI=1S/C17H20O4S/c1-11-6-7-15(12(2)10-11)21-22(18,19)17-9-8-16(20-5)13(3)14(17)4/h6-10H,1-5H3. The maximum Gasteiger partial charge on any atom is 0.339 e. The number of rotatable bonds is 4. The lowest BCUT2D eigenvalue weighted by Crippen LogP contribution is -2.13. The Morgan fingerprint density at radius 1 is 0.864 bits per heavy atom. The molecule has 0 aromatic heterocycles. The maximum absolute atomic E-state index is 12.5. The average Bonchev–Trinajstić information content (AvgIpc) is 2.44. The predicted molar refractivity (Wildman–Crippen MR) is 86.2 cm³/mol. The second kappa shape index (κ2) is 6.01. The largest absolute Gasteiger partial charge is 0.496 e. The van der Waals surface area contributed by atoms with Crippen molar-refractivity contribution < 1.29 is 17.3 Å². The zero-order valence-corrected chi connectivity index (χ0v) is 14.2. The van der Waals surface area contributed by atoms with Crippen LogP contribution >= 0.6 is 0 Å². The number of hydrogen-bond donors (Lipinski definition) is 0. The first kappa shape index (κ1) is 16.4. The Balaban J connectivity index is 2.45. The van der Waals surface area contributed by atoms with E-state index in [-0.39, 0.29) is 4.90 Å². The van der Waals surface area contributed by atoms with Crippen LogP contribution in [0.3, 0.4) is 0 Å². The molecule has 22 heavy (non-hydrogen) atoms. The fourth-order valence-electron chi connectivity index (χ4n) is 2.32. The molecule has 0 amide bonds. The molecule has 0 spiro atoms. The molecule has 0 aliphatic carbocycles. The number of aryl methyl sites for hydroxylation is 2. The van der Waals surface area contributed by atoms with Crippen LogP contribution in [0.15, 0.2) is 35.2 Å². The summed E-state index contributed by atoms with van der Waals surface area (Å²) in [6.07, 6.45) is 0. The van der Waals surface area contributed by atoms with Gasteiger partial charge in [0.05, 0.1) is 7.11 Å². The lowest BCUT2D eigenvalue weighted by molar-refractivity contribution is 0.410. The lowest BCUT2D eigenvalue weighted by atomic mass is 10.1. The van der Waals surface area contributed by atoms with E-state index in [0.717, 1.165) is 16.7 Å². The summed E-state index contributed by atoms with van der Waals surface area (Å²) >= 11 is 0. The van der Waals surface area contributed by atoms with E-state index in [2.05, 4.69) is 0 Å². The van der Waals surface area contributed by atoms with Gasteiger partial charge in [0, 0.05) is 0 Å². The molecule has 0 unspecified atom stereocenters. The summed E-state index contributed by atoms with van der Waals surface area (Å²) in [5.74, 6) is 1.00. The molecular weight excluding hydrogens is 300 g/mol. The molecular formula is C17H20O4S. The Morgan fingerprint density at radius 2 is 1.50 bits per heavy atom. The molecule has 0 fully saturated rings. The third-order valence-corrected chi connectivity index (χ3v) is 5.09. The van der Waals surface area contributed by atoms with Crippen LogP contribution in [0.4, 0.5) is 0 Å². The highest BCUT2D eigenvalue weighted by molar-refractivity contribution is 7.87. The summed E-state index contributed by atoms with van der Waals surface area (Å²) in [6.45, 7) is 7.34. The van der Waals surface area contributed by atoms with Gasteiger partial charge < -0.3 is 8.92 Å². The van der Waals surface area contributed by atoms with Gasteiger partial charge in [-0.15, -0.1) is 0 Å². The number of methoxy groups -OCH3 is 1. The van der Waals surface area contributed by atoms with E-state index in [1.807, 2.05) is 32.9 Å². The minimum atomic E-state index is -3.88. The minimum absolute atomic E-state index is 0.158. The highest BCUT2D eigenvalue weighted by atomic mass is 32.2. The summed E-state index contributed by atoms with van der Waals surface area (Å²) < 4.78 is 35.6. The van der Waals surface area contributed by atoms with Crippen molar-refractivity contribution in [3.05, 3.63) is 52.6 Å². The van der Waals surface area contributed by atoms with Gasteiger partial charge >= 0.3 is 10.1 Å². The van der Waals surface area contributed by atoms with Crippen molar-refractivity contribution in [2.24, 2.45) is 0 Å². The molecule has 2 aromatic carbocycles. The Morgan fingerprint density at radius 3 is 2.09 bits per heavy atom. The van der Waals surface area contributed by atoms with Gasteiger partial charge in [-0.3, -0.25) is 0 Å². The van der Waals surface area contributed by atoms with Crippen molar-refractivity contribution in [1.29, 1.82) is 0 Å². The Labute approximate surface area is 131 Å². The van der Waals surface area contributed by atoms with Crippen LogP contribution in [0, 0.1) is 27.7 Å². The van der Waals surface area contributed by atoms with Crippen LogP contribution < -0.4 is 8.92 Å². The molecule has 0 aliphatic heterocycles. The van der Waals surface area contributed by atoms with E-state index in [1.54, 1.807) is 26.2 Å². The third kappa shape index (κ3) is 3.09. The SMILES string of the molecule is COc1ccc(S(=O)(=O)Oc2ccc(C)cc2C)c(C)c1C. The van der Waals surface area contributed by atoms with Crippen molar-refractivity contribution in [3.63, 3.8) is 0 Å². The molecule has 2 aromatic rings. The summed E-state index contributed by atoms with van der Waals surface area (Å²) in [4.78, 5) is 0.158. The number of ether oxygens (including phenoxy) is 1. The summed E-state index contributed by atoms with van der Waals surface area (Å²) in [6, 6.07) is 8.54. The van der Waals surface area contributed by atoms with E-state index in [1.165, 1.54) is 6.07 Å². The molecule has 0 aliphatic rings. The zero-order valence-electron chi connectivity index (χ0n) is 13.4. The van der Waals surface area contributed by atoms with Gasteiger partial charge in [0.15, 0.2) is 0 Å². The lowest BCUT2D eigenvalue weighted by Gasteiger charge is -2.14. The van der Waals surface area contributed by atoms with Gasteiger partial charge in [0.2, 0.25) is 0 Å². The quantitative estimate of drug-likeness (QED) is 0.806. The summed E-state index contributed by atoms with van der Waals surface area (Å²) in [7, 11) is -2.32. The minimum Gasteiger partial charge on any atom is -0.496 e. The first-order chi connectivity index (χ1) is 10.3. The smallest absolute Gasteiger partial charge is 0.339 e. The topological polar surface area (TPSA) is 52.6 Å². The van der Waals surface area contributed by atoms with Crippen molar-refractivity contribution in [2.75, 3.05) is 7.11 Å². The fourth-order valence-corrected chi connectivity index (χ4v) is 3.59. The van der Waals surface area contributed by atoms with Gasteiger partial charge in [-0.2, -0.15) is 8.42 Å². The van der Waals surface area contributed by atoms with Crippen LogP contribution in [0.25, 0.3) is 0 Å². The number of benzene rings is 2. The van der Waals surface area contributed by atoms with Gasteiger partial charge in [0.25, 0.3) is 0 Å². The Bertz CT molecular complexity index is 808. The van der Waals surface area contributed by atoms with Gasteiger partial charge in [0.1, 0.15) is 16.4 Å². The molecule has 0 bridgehead atoms.